The van der Waals surface area contributed by atoms with E-state index in [1.165, 1.54) is 11.8 Å². The number of benzene rings is 2. The highest BCUT2D eigenvalue weighted by Crippen LogP contribution is 2.30. The van der Waals surface area contributed by atoms with Crippen LogP contribution in [0.5, 0.6) is 11.5 Å². The van der Waals surface area contributed by atoms with E-state index >= 15 is 0 Å². The molecule has 1 aliphatic heterocycles. The number of nitrogens with zero attached hydrogens (tertiary/aromatic N) is 2. The molecule has 7 nitrogen and oxygen atoms in total. The Morgan fingerprint density at radius 2 is 1.93 bits per heavy atom. The Morgan fingerprint density at radius 3 is 2.78 bits per heavy atom. The second-order valence-electron chi connectivity index (χ2n) is 5.92. The second kappa shape index (κ2) is 8.13. The van der Waals surface area contributed by atoms with Gasteiger partial charge < -0.3 is 14.8 Å². The van der Waals surface area contributed by atoms with Crippen LogP contribution in [0.15, 0.2) is 59.8 Å². The third-order valence-electron chi connectivity index (χ3n) is 3.94. The summed E-state index contributed by atoms with van der Waals surface area (Å²) in [4.78, 5) is 16.5. The summed E-state index contributed by atoms with van der Waals surface area (Å²) >= 11 is 1.28. The highest BCUT2D eigenvalue weighted by atomic mass is 32.2. The van der Waals surface area contributed by atoms with Crippen molar-refractivity contribution in [2.75, 3.05) is 18.9 Å². The van der Waals surface area contributed by atoms with Crippen molar-refractivity contribution < 1.29 is 14.3 Å². The van der Waals surface area contributed by atoms with Gasteiger partial charge in [0.2, 0.25) is 11.1 Å². The minimum absolute atomic E-state index is 0.103. The van der Waals surface area contributed by atoms with E-state index in [1.807, 2.05) is 54.6 Å². The van der Waals surface area contributed by atoms with Crippen molar-refractivity contribution in [3.8, 4) is 22.9 Å². The molecule has 0 unspecified atom stereocenters. The number of nitrogens with one attached hydrogen (secondary N) is 2. The topological polar surface area (TPSA) is 89.1 Å². The number of para-hydroxylation sites is 2. The van der Waals surface area contributed by atoms with E-state index in [-0.39, 0.29) is 17.8 Å². The fourth-order valence-corrected chi connectivity index (χ4v) is 3.24. The van der Waals surface area contributed by atoms with Crippen LogP contribution in [0, 0.1) is 0 Å². The van der Waals surface area contributed by atoms with Crippen LogP contribution >= 0.6 is 11.8 Å². The van der Waals surface area contributed by atoms with Crippen molar-refractivity contribution in [3.05, 3.63) is 54.6 Å². The average Bonchev–Trinajstić information content (AvgIpc) is 3.20. The van der Waals surface area contributed by atoms with Crippen LogP contribution in [0.2, 0.25) is 0 Å². The Morgan fingerprint density at radius 1 is 1.15 bits per heavy atom. The van der Waals surface area contributed by atoms with Crippen LogP contribution in [-0.4, -0.2) is 46.1 Å². The molecule has 1 atom stereocenters. The maximum Gasteiger partial charge on any atom is 0.230 e. The first-order valence-corrected chi connectivity index (χ1v) is 9.52. The Hall–Kier alpha value is -3.00. The van der Waals surface area contributed by atoms with Gasteiger partial charge in [0.15, 0.2) is 17.3 Å². The molecule has 2 N–H and O–H groups in total. The van der Waals surface area contributed by atoms with E-state index in [1.54, 1.807) is 0 Å². The summed E-state index contributed by atoms with van der Waals surface area (Å²) in [5, 5.41) is 10.4. The number of ether oxygens (including phenoxy) is 2. The molecule has 0 spiro atoms. The number of rotatable bonds is 6. The molecule has 27 heavy (non-hydrogen) atoms. The zero-order valence-corrected chi connectivity index (χ0v) is 15.2. The van der Waals surface area contributed by atoms with Crippen molar-refractivity contribution in [2.45, 2.75) is 11.3 Å². The molecule has 0 saturated heterocycles. The summed E-state index contributed by atoms with van der Waals surface area (Å²) in [5.74, 6) is 2.25. The zero-order valence-electron chi connectivity index (χ0n) is 14.4. The van der Waals surface area contributed by atoms with Crippen LogP contribution in [0.4, 0.5) is 0 Å². The lowest BCUT2D eigenvalue weighted by Gasteiger charge is -2.26. The molecule has 1 aliphatic rings. The smallest absolute Gasteiger partial charge is 0.230 e. The van der Waals surface area contributed by atoms with Gasteiger partial charge in [-0.15, -0.1) is 5.10 Å². The SMILES string of the molecule is O=C(CSc1n[nH]c(-c2ccccc2)n1)NC[C@H]1COc2ccccc2O1. The predicted molar refractivity (Wildman–Crippen MR) is 102 cm³/mol. The monoisotopic (exact) mass is 382 g/mol. The molecule has 3 aromatic rings. The number of hydrogen-bond donors (Lipinski definition) is 2. The summed E-state index contributed by atoms with van der Waals surface area (Å²) in [5.41, 5.74) is 0.955. The standard InChI is InChI=1S/C19H18N4O3S/c24-17(20-10-14-11-25-15-8-4-5-9-16(15)26-14)12-27-19-21-18(22-23-19)13-6-2-1-3-7-13/h1-9,14H,10-12H2,(H,20,24)(H,21,22,23)/t14-/m0/s1. The average molecular weight is 382 g/mol. The molecule has 8 heteroatoms. The third kappa shape index (κ3) is 4.40. The zero-order chi connectivity index (χ0) is 18.5. The molecule has 0 bridgehead atoms. The van der Waals surface area contributed by atoms with Gasteiger partial charge in [0, 0.05) is 5.56 Å². The lowest BCUT2D eigenvalue weighted by molar-refractivity contribution is -0.119. The van der Waals surface area contributed by atoms with Gasteiger partial charge in [-0.3, -0.25) is 9.89 Å². The van der Waals surface area contributed by atoms with Gasteiger partial charge in [-0.2, -0.15) is 0 Å². The summed E-state index contributed by atoms with van der Waals surface area (Å²) in [6, 6.07) is 17.2. The highest BCUT2D eigenvalue weighted by Gasteiger charge is 2.21. The van der Waals surface area contributed by atoms with Gasteiger partial charge in [0.25, 0.3) is 0 Å². The van der Waals surface area contributed by atoms with Crippen molar-refractivity contribution in [1.29, 1.82) is 0 Å². The summed E-state index contributed by atoms with van der Waals surface area (Å²) in [7, 11) is 0. The van der Waals surface area contributed by atoms with Crippen molar-refractivity contribution in [3.63, 3.8) is 0 Å². The Kier molecular flexibility index (Phi) is 5.24. The van der Waals surface area contributed by atoms with Gasteiger partial charge in [0.1, 0.15) is 12.7 Å². The molecule has 138 valence electrons. The lowest BCUT2D eigenvalue weighted by Crippen LogP contribution is -2.41. The number of aromatic amines is 1. The molecule has 0 aliphatic carbocycles. The first-order chi connectivity index (χ1) is 13.3. The van der Waals surface area contributed by atoms with E-state index in [0.29, 0.717) is 29.9 Å². The number of thioether (sulfide) groups is 1. The maximum atomic E-state index is 12.1. The molecule has 1 aromatic heterocycles. The number of amides is 1. The number of aromatic nitrogens is 3. The maximum absolute atomic E-state index is 12.1. The molecular weight excluding hydrogens is 364 g/mol. The summed E-state index contributed by atoms with van der Waals surface area (Å²) in [6.45, 7) is 0.794. The van der Waals surface area contributed by atoms with Crippen LogP contribution in [0.3, 0.4) is 0 Å². The first-order valence-electron chi connectivity index (χ1n) is 8.54. The largest absolute Gasteiger partial charge is 0.486 e. The fourth-order valence-electron chi connectivity index (χ4n) is 2.61. The molecule has 2 heterocycles. The molecular formula is C19H18N4O3S. The molecule has 0 saturated carbocycles. The number of hydrogen-bond acceptors (Lipinski definition) is 6. The molecule has 4 rings (SSSR count). The lowest BCUT2D eigenvalue weighted by atomic mass is 10.2. The number of fused-ring (bicyclic) bond motifs is 1. The predicted octanol–water partition coefficient (Wildman–Crippen LogP) is 2.52. The van der Waals surface area contributed by atoms with Gasteiger partial charge in [-0.1, -0.05) is 54.2 Å². The molecule has 0 fully saturated rings. The van der Waals surface area contributed by atoms with Crippen LogP contribution in [0.25, 0.3) is 11.4 Å². The van der Waals surface area contributed by atoms with Gasteiger partial charge in [-0.05, 0) is 12.1 Å². The number of H-pyrrole nitrogens is 1. The quantitative estimate of drug-likeness (QED) is 0.637. The first kappa shape index (κ1) is 17.4. The van der Waals surface area contributed by atoms with E-state index in [9.17, 15) is 4.79 Å². The van der Waals surface area contributed by atoms with Crippen LogP contribution in [0.1, 0.15) is 0 Å². The summed E-state index contributed by atoms with van der Waals surface area (Å²) in [6.07, 6.45) is -0.206. The van der Waals surface area contributed by atoms with E-state index in [4.69, 9.17) is 9.47 Å². The van der Waals surface area contributed by atoms with E-state index in [2.05, 4.69) is 20.5 Å². The molecule has 2 aromatic carbocycles. The number of carbonyl (C=O) groups excluding carboxylic acids is 1. The van der Waals surface area contributed by atoms with E-state index < -0.39 is 0 Å². The van der Waals surface area contributed by atoms with Crippen molar-refractivity contribution in [1.82, 2.24) is 20.5 Å². The Bertz CT molecular complexity index is 916. The van der Waals surface area contributed by atoms with Crippen molar-refractivity contribution >= 4 is 17.7 Å². The normalized spacial score (nSPS) is 15.3. The van der Waals surface area contributed by atoms with Crippen LogP contribution < -0.4 is 14.8 Å². The minimum Gasteiger partial charge on any atom is -0.486 e. The fraction of sp³-hybridized carbons (Fsp3) is 0.211. The van der Waals surface area contributed by atoms with Gasteiger partial charge in [0.05, 0.1) is 12.3 Å². The van der Waals surface area contributed by atoms with Crippen LogP contribution in [-0.2, 0) is 4.79 Å². The minimum atomic E-state index is -0.206. The van der Waals surface area contributed by atoms with E-state index in [0.717, 1.165) is 11.3 Å². The second-order valence-corrected chi connectivity index (χ2v) is 6.87. The van der Waals surface area contributed by atoms with Gasteiger partial charge >= 0.3 is 0 Å². The summed E-state index contributed by atoms with van der Waals surface area (Å²) < 4.78 is 11.5. The molecule has 1 amide bonds. The molecule has 0 radical (unpaired) electrons. The van der Waals surface area contributed by atoms with Gasteiger partial charge in [-0.25, -0.2) is 4.98 Å². The highest BCUT2D eigenvalue weighted by molar-refractivity contribution is 7.99. The Balaban J connectivity index is 1.23. The number of carbonyl (C=O) groups is 1. The Labute approximate surface area is 160 Å². The van der Waals surface area contributed by atoms with Crippen molar-refractivity contribution in [2.24, 2.45) is 0 Å². The third-order valence-corrected chi connectivity index (χ3v) is 4.79.